The minimum Gasteiger partial charge on any atom is -0.454 e. The Balaban J connectivity index is 1.47. The van der Waals surface area contributed by atoms with Crippen LogP contribution in [0.1, 0.15) is 5.56 Å². The summed E-state index contributed by atoms with van der Waals surface area (Å²) in [5.74, 6) is 1.18. The van der Waals surface area contributed by atoms with Crippen molar-refractivity contribution in [3.63, 3.8) is 0 Å². The minimum absolute atomic E-state index is 0.152. The van der Waals surface area contributed by atoms with E-state index < -0.39 is 0 Å². The van der Waals surface area contributed by atoms with Crippen molar-refractivity contribution in [3.05, 3.63) is 51.6 Å². The van der Waals surface area contributed by atoms with Crippen molar-refractivity contribution < 1.29 is 14.3 Å². The van der Waals surface area contributed by atoms with Gasteiger partial charge in [0.25, 0.3) is 5.91 Å². The molecule has 7 heteroatoms. The fourth-order valence-corrected chi connectivity index (χ4v) is 2.32. The van der Waals surface area contributed by atoms with Crippen LogP contribution in [0.15, 0.2) is 47.6 Å². The van der Waals surface area contributed by atoms with Crippen LogP contribution in [0.5, 0.6) is 11.5 Å². The molecular weight excluding hydrogens is 409 g/mol. The molecule has 0 saturated carbocycles. The number of fused-ring (bicyclic) bond motifs is 1. The van der Waals surface area contributed by atoms with E-state index in [-0.39, 0.29) is 19.2 Å². The Morgan fingerprint density at radius 2 is 1.96 bits per heavy atom. The van der Waals surface area contributed by atoms with Crippen LogP contribution in [-0.2, 0) is 4.79 Å². The molecule has 0 aromatic heterocycles. The second kappa shape index (κ2) is 7.32. The molecule has 23 heavy (non-hydrogen) atoms. The van der Waals surface area contributed by atoms with Crippen molar-refractivity contribution >= 4 is 40.4 Å². The van der Waals surface area contributed by atoms with E-state index in [4.69, 9.17) is 9.47 Å². The van der Waals surface area contributed by atoms with E-state index in [1.54, 1.807) is 6.21 Å². The minimum atomic E-state index is -0.222. The van der Waals surface area contributed by atoms with E-state index in [2.05, 4.69) is 38.4 Å². The monoisotopic (exact) mass is 423 g/mol. The van der Waals surface area contributed by atoms with Crippen LogP contribution in [0.3, 0.4) is 0 Å². The molecule has 1 amide bonds. The van der Waals surface area contributed by atoms with Gasteiger partial charge in [-0.2, -0.15) is 5.10 Å². The molecular formula is C16H14IN3O3. The average Bonchev–Trinajstić information content (AvgIpc) is 3.02. The lowest BCUT2D eigenvalue weighted by Crippen LogP contribution is -2.25. The number of amides is 1. The predicted octanol–water partition coefficient (Wildman–Crippen LogP) is 2.58. The molecule has 0 saturated heterocycles. The van der Waals surface area contributed by atoms with Gasteiger partial charge >= 0.3 is 0 Å². The van der Waals surface area contributed by atoms with Gasteiger partial charge in [0.2, 0.25) is 6.79 Å². The molecule has 3 rings (SSSR count). The van der Waals surface area contributed by atoms with E-state index in [0.717, 1.165) is 14.8 Å². The summed E-state index contributed by atoms with van der Waals surface area (Å²) in [5.41, 5.74) is 4.18. The molecule has 0 radical (unpaired) electrons. The lowest BCUT2D eigenvalue weighted by molar-refractivity contribution is -0.119. The molecule has 2 aromatic rings. The highest BCUT2D eigenvalue weighted by Crippen LogP contribution is 2.31. The van der Waals surface area contributed by atoms with E-state index in [1.165, 1.54) is 0 Å². The average molecular weight is 423 g/mol. The van der Waals surface area contributed by atoms with Gasteiger partial charge in [-0.3, -0.25) is 4.79 Å². The topological polar surface area (TPSA) is 72.0 Å². The standard InChI is InChI=1S/C16H14IN3O3/c17-12-2-4-13(5-3-12)18-9-16(21)20-19-8-11-1-6-14-15(7-11)23-10-22-14/h1-8,18H,9-10H2,(H,20,21)/b19-8+. The zero-order chi connectivity index (χ0) is 16.1. The Labute approximate surface area is 147 Å². The molecule has 1 aliphatic rings. The zero-order valence-electron chi connectivity index (χ0n) is 12.1. The molecule has 0 atom stereocenters. The third kappa shape index (κ3) is 4.35. The third-order valence-corrected chi connectivity index (χ3v) is 3.82. The van der Waals surface area contributed by atoms with Crippen LogP contribution in [-0.4, -0.2) is 25.5 Å². The normalized spacial score (nSPS) is 12.4. The fourth-order valence-electron chi connectivity index (χ4n) is 1.96. The second-order valence-electron chi connectivity index (χ2n) is 4.77. The van der Waals surface area contributed by atoms with Gasteiger partial charge in [-0.25, -0.2) is 5.43 Å². The lowest BCUT2D eigenvalue weighted by Gasteiger charge is -2.05. The zero-order valence-corrected chi connectivity index (χ0v) is 14.2. The highest BCUT2D eigenvalue weighted by molar-refractivity contribution is 14.1. The summed E-state index contributed by atoms with van der Waals surface area (Å²) >= 11 is 2.23. The number of hydrogen-bond donors (Lipinski definition) is 2. The smallest absolute Gasteiger partial charge is 0.259 e. The van der Waals surface area contributed by atoms with Crippen molar-refractivity contribution in [1.29, 1.82) is 0 Å². The Morgan fingerprint density at radius 3 is 2.78 bits per heavy atom. The molecule has 0 fully saturated rings. The molecule has 1 heterocycles. The molecule has 0 spiro atoms. The van der Waals surface area contributed by atoms with Crippen molar-refractivity contribution in [3.8, 4) is 11.5 Å². The van der Waals surface area contributed by atoms with Gasteiger partial charge in [-0.15, -0.1) is 0 Å². The Kier molecular flexibility index (Phi) is 4.96. The SMILES string of the molecule is O=C(CNc1ccc(I)cc1)N/N=C/c1ccc2c(c1)OCO2. The molecule has 6 nitrogen and oxygen atoms in total. The van der Waals surface area contributed by atoms with Crippen molar-refractivity contribution in [1.82, 2.24) is 5.43 Å². The number of nitrogens with zero attached hydrogens (tertiary/aromatic N) is 1. The number of carbonyl (C=O) groups excluding carboxylic acids is 1. The highest BCUT2D eigenvalue weighted by Gasteiger charge is 2.12. The predicted molar refractivity (Wildman–Crippen MR) is 96.0 cm³/mol. The molecule has 2 N–H and O–H groups in total. The van der Waals surface area contributed by atoms with Gasteiger partial charge in [-0.1, -0.05) is 0 Å². The van der Waals surface area contributed by atoms with Gasteiger partial charge in [0.1, 0.15) is 0 Å². The van der Waals surface area contributed by atoms with Gasteiger partial charge in [0, 0.05) is 9.26 Å². The number of rotatable bonds is 5. The molecule has 0 bridgehead atoms. The maximum atomic E-state index is 11.7. The Hall–Kier alpha value is -2.29. The number of anilines is 1. The number of ether oxygens (including phenoxy) is 2. The molecule has 118 valence electrons. The first-order chi connectivity index (χ1) is 11.2. The van der Waals surface area contributed by atoms with Crippen molar-refractivity contribution in [2.24, 2.45) is 5.10 Å². The number of nitrogens with one attached hydrogen (secondary N) is 2. The van der Waals surface area contributed by atoms with Gasteiger partial charge in [-0.05, 0) is 70.6 Å². The molecule has 0 unspecified atom stereocenters. The first-order valence-corrected chi connectivity index (χ1v) is 7.99. The van der Waals surface area contributed by atoms with Gasteiger partial charge < -0.3 is 14.8 Å². The fraction of sp³-hybridized carbons (Fsp3) is 0.125. The number of hydrazone groups is 1. The van der Waals surface area contributed by atoms with E-state index >= 15 is 0 Å². The number of benzene rings is 2. The van der Waals surface area contributed by atoms with Crippen molar-refractivity contribution in [2.45, 2.75) is 0 Å². The summed E-state index contributed by atoms with van der Waals surface area (Å²) in [6.07, 6.45) is 1.56. The highest BCUT2D eigenvalue weighted by atomic mass is 127. The first kappa shape index (κ1) is 15.6. The largest absolute Gasteiger partial charge is 0.454 e. The molecule has 1 aliphatic heterocycles. The summed E-state index contributed by atoms with van der Waals surface area (Å²) in [6, 6.07) is 13.2. The lowest BCUT2D eigenvalue weighted by atomic mass is 10.2. The quantitative estimate of drug-likeness (QED) is 0.441. The van der Waals surface area contributed by atoms with Gasteiger partial charge in [0.15, 0.2) is 11.5 Å². The van der Waals surface area contributed by atoms with Gasteiger partial charge in [0.05, 0.1) is 12.8 Å². The number of hydrogen-bond acceptors (Lipinski definition) is 5. The number of carbonyl (C=O) groups is 1. The second-order valence-corrected chi connectivity index (χ2v) is 6.01. The van der Waals surface area contributed by atoms with E-state index in [9.17, 15) is 4.79 Å². The third-order valence-electron chi connectivity index (χ3n) is 3.10. The van der Waals surface area contributed by atoms with Crippen molar-refractivity contribution in [2.75, 3.05) is 18.7 Å². The Morgan fingerprint density at radius 1 is 1.17 bits per heavy atom. The number of halogens is 1. The Bertz CT molecular complexity index is 732. The van der Waals surface area contributed by atoms with Crippen LogP contribution in [0.2, 0.25) is 0 Å². The van der Waals surface area contributed by atoms with Crippen LogP contribution < -0.4 is 20.2 Å². The summed E-state index contributed by atoms with van der Waals surface area (Å²) < 4.78 is 11.7. The maximum absolute atomic E-state index is 11.7. The van der Waals surface area contributed by atoms with E-state index in [0.29, 0.717) is 11.5 Å². The summed E-state index contributed by atoms with van der Waals surface area (Å²) in [4.78, 5) is 11.7. The van der Waals surface area contributed by atoms with E-state index in [1.807, 2.05) is 42.5 Å². The molecule has 0 aliphatic carbocycles. The summed E-state index contributed by atoms with van der Waals surface area (Å²) in [7, 11) is 0. The summed E-state index contributed by atoms with van der Waals surface area (Å²) in [6.45, 7) is 0.385. The van der Waals surface area contributed by atoms with Crippen LogP contribution >= 0.6 is 22.6 Å². The first-order valence-electron chi connectivity index (χ1n) is 6.92. The van der Waals surface area contributed by atoms with Crippen LogP contribution in [0.4, 0.5) is 5.69 Å². The van der Waals surface area contributed by atoms with Crippen LogP contribution in [0.25, 0.3) is 0 Å². The van der Waals surface area contributed by atoms with Crippen LogP contribution in [0, 0.1) is 3.57 Å². The maximum Gasteiger partial charge on any atom is 0.259 e. The molecule has 2 aromatic carbocycles. The summed E-state index contributed by atoms with van der Waals surface area (Å²) in [5, 5.41) is 6.96.